The molecule has 0 N–H and O–H groups in total. The van der Waals surface area contributed by atoms with Crippen LogP contribution in [0, 0.1) is 13.8 Å². The van der Waals surface area contributed by atoms with E-state index in [1.807, 2.05) is 51.6 Å². The van der Waals surface area contributed by atoms with Crippen LogP contribution in [0.15, 0.2) is 12.3 Å². The summed E-state index contributed by atoms with van der Waals surface area (Å²) < 4.78 is 2.05. The van der Waals surface area contributed by atoms with E-state index in [1.54, 1.807) is 0 Å². The molecule has 0 atom stereocenters. The van der Waals surface area contributed by atoms with Crippen molar-refractivity contribution in [1.29, 1.82) is 0 Å². The van der Waals surface area contributed by atoms with Gasteiger partial charge in [-0.05, 0) is 19.9 Å². The summed E-state index contributed by atoms with van der Waals surface area (Å²) in [6.45, 7) is 7.93. The van der Waals surface area contributed by atoms with E-state index in [0.717, 1.165) is 22.6 Å². The smallest absolute Gasteiger partial charge is 0.126 e. The second-order valence-corrected chi connectivity index (χ2v) is 3.02. The van der Waals surface area contributed by atoms with Gasteiger partial charge in [-0.25, -0.2) is 9.97 Å². The van der Waals surface area contributed by atoms with Crippen LogP contribution in [0.1, 0.15) is 25.4 Å². The molecular weight excluding hydrogens is 174 g/mol. The zero-order valence-electron chi connectivity index (χ0n) is 9.50. The third-order valence-electron chi connectivity index (χ3n) is 2.01. The summed E-state index contributed by atoms with van der Waals surface area (Å²) in [4.78, 5) is 8.63. The van der Waals surface area contributed by atoms with Crippen LogP contribution < -0.4 is 0 Å². The molecule has 0 fully saturated rings. The predicted molar refractivity (Wildman–Crippen MR) is 59.3 cm³/mol. The second kappa shape index (κ2) is 4.22. The first kappa shape index (κ1) is 10.7. The molecule has 3 nitrogen and oxygen atoms in total. The molecule has 2 aromatic rings. The van der Waals surface area contributed by atoms with Gasteiger partial charge in [-0.2, -0.15) is 0 Å². The summed E-state index contributed by atoms with van der Waals surface area (Å²) in [6, 6.07) is 2.01. The van der Waals surface area contributed by atoms with Crippen molar-refractivity contribution in [1.82, 2.24) is 14.5 Å². The van der Waals surface area contributed by atoms with Crippen LogP contribution >= 0.6 is 0 Å². The molecule has 14 heavy (non-hydrogen) atoms. The van der Waals surface area contributed by atoms with Crippen LogP contribution in [0.2, 0.25) is 0 Å². The fourth-order valence-electron chi connectivity index (χ4n) is 1.54. The first-order chi connectivity index (χ1) is 6.68. The highest BCUT2D eigenvalue weighted by molar-refractivity contribution is 5.77. The topological polar surface area (TPSA) is 30.7 Å². The van der Waals surface area contributed by atoms with Gasteiger partial charge < -0.3 is 4.57 Å². The first-order valence-corrected chi connectivity index (χ1v) is 4.95. The Balaban J connectivity index is 0.000000461. The normalized spacial score (nSPS) is 9.79. The Morgan fingerprint density at radius 3 is 2.43 bits per heavy atom. The Morgan fingerprint density at radius 2 is 1.79 bits per heavy atom. The van der Waals surface area contributed by atoms with Crippen LogP contribution in [-0.4, -0.2) is 14.5 Å². The van der Waals surface area contributed by atoms with Crippen molar-refractivity contribution in [3.05, 3.63) is 23.8 Å². The SMILES string of the molecule is CC.Cc1nc(C)c2c(ccn2C)n1. The Kier molecular flexibility index (Phi) is 3.23. The van der Waals surface area contributed by atoms with Crippen molar-refractivity contribution >= 4 is 11.0 Å². The average molecular weight is 191 g/mol. The lowest BCUT2D eigenvalue weighted by Crippen LogP contribution is -1.95. The first-order valence-electron chi connectivity index (χ1n) is 4.95. The minimum absolute atomic E-state index is 0.839. The summed E-state index contributed by atoms with van der Waals surface area (Å²) in [6.07, 6.45) is 2.01. The second-order valence-electron chi connectivity index (χ2n) is 3.02. The summed E-state index contributed by atoms with van der Waals surface area (Å²) in [5.41, 5.74) is 3.20. The van der Waals surface area contributed by atoms with E-state index in [9.17, 15) is 0 Å². The monoisotopic (exact) mass is 191 g/mol. The maximum absolute atomic E-state index is 4.33. The van der Waals surface area contributed by atoms with E-state index >= 15 is 0 Å². The van der Waals surface area contributed by atoms with Crippen molar-refractivity contribution in [2.45, 2.75) is 27.7 Å². The number of aromatic nitrogens is 3. The molecule has 0 aromatic carbocycles. The molecule has 2 aromatic heterocycles. The molecule has 2 heterocycles. The molecule has 0 aliphatic carbocycles. The molecule has 0 aliphatic heterocycles. The van der Waals surface area contributed by atoms with E-state index in [1.165, 1.54) is 0 Å². The van der Waals surface area contributed by atoms with Gasteiger partial charge in [0.15, 0.2) is 0 Å². The van der Waals surface area contributed by atoms with E-state index in [-0.39, 0.29) is 0 Å². The van der Waals surface area contributed by atoms with Crippen LogP contribution in [-0.2, 0) is 7.05 Å². The molecule has 0 saturated carbocycles. The summed E-state index contributed by atoms with van der Waals surface area (Å²) in [7, 11) is 2.01. The molecule has 0 saturated heterocycles. The zero-order valence-corrected chi connectivity index (χ0v) is 9.50. The summed E-state index contributed by atoms with van der Waals surface area (Å²) in [5.74, 6) is 0.839. The highest BCUT2D eigenvalue weighted by atomic mass is 15.0. The van der Waals surface area contributed by atoms with Gasteiger partial charge in [0, 0.05) is 13.2 Å². The van der Waals surface area contributed by atoms with Crippen LogP contribution in [0.5, 0.6) is 0 Å². The van der Waals surface area contributed by atoms with Gasteiger partial charge in [0.1, 0.15) is 5.82 Å². The minimum atomic E-state index is 0.839. The molecule has 0 spiro atoms. The van der Waals surface area contributed by atoms with Crippen molar-refractivity contribution < 1.29 is 0 Å². The lowest BCUT2D eigenvalue weighted by Gasteiger charge is -2.00. The Hall–Kier alpha value is -1.38. The van der Waals surface area contributed by atoms with E-state index in [2.05, 4.69) is 9.97 Å². The molecule has 76 valence electrons. The minimum Gasteiger partial charge on any atom is -0.348 e. The van der Waals surface area contributed by atoms with Gasteiger partial charge in [0.2, 0.25) is 0 Å². The Morgan fingerprint density at radius 1 is 1.14 bits per heavy atom. The summed E-state index contributed by atoms with van der Waals surface area (Å²) >= 11 is 0. The van der Waals surface area contributed by atoms with Crippen molar-refractivity contribution in [2.24, 2.45) is 7.05 Å². The number of fused-ring (bicyclic) bond motifs is 1. The highest BCUT2D eigenvalue weighted by Gasteiger charge is 2.03. The fraction of sp³-hybridized carbons (Fsp3) is 0.455. The molecule has 0 amide bonds. The van der Waals surface area contributed by atoms with Gasteiger partial charge in [0.05, 0.1) is 16.7 Å². The lowest BCUT2D eigenvalue weighted by molar-refractivity contribution is 0.943. The molecule has 3 heteroatoms. The number of hydrogen-bond donors (Lipinski definition) is 0. The van der Waals surface area contributed by atoms with Gasteiger partial charge in [0.25, 0.3) is 0 Å². The predicted octanol–water partition coefficient (Wildman–Crippen LogP) is 2.61. The molecule has 0 radical (unpaired) electrons. The molecular formula is C11H17N3. The molecule has 2 rings (SSSR count). The van der Waals surface area contributed by atoms with E-state index in [4.69, 9.17) is 0 Å². The quantitative estimate of drug-likeness (QED) is 0.641. The summed E-state index contributed by atoms with van der Waals surface area (Å²) in [5, 5.41) is 0. The van der Waals surface area contributed by atoms with Crippen molar-refractivity contribution in [2.75, 3.05) is 0 Å². The number of aryl methyl sites for hydroxylation is 3. The largest absolute Gasteiger partial charge is 0.348 e. The van der Waals surface area contributed by atoms with Gasteiger partial charge in [-0.1, -0.05) is 13.8 Å². The zero-order chi connectivity index (χ0) is 10.7. The Labute approximate surface area is 84.8 Å². The third kappa shape index (κ3) is 1.76. The van der Waals surface area contributed by atoms with E-state index in [0.29, 0.717) is 0 Å². The molecule has 0 bridgehead atoms. The van der Waals surface area contributed by atoms with Gasteiger partial charge >= 0.3 is 0 Å². The van der Waals surface area contributed by atoms with Crippen LogP contribution in [0.4, 0.5) is 0 Å². The molecule has 0 aliphatic rings. The van der Waals surface area contributed by atoms with Gasteiger partial charge in [-0.3, -0.25) is 0 Å². The van der Waals surface area contributed by atoms with Crippen LogP contribution in [0.3, 0.4) is 0 Å². The molecule has 0 unspecified atom stereocenters. The van der Waals surface area contributed by atoms with Crippen molar-refractivity contribution in [3.63, 3.8) is 0 Å². The fourth-order valence-corrected chi connectivity index (χ4v) is 1.54. The maximum Gasteiger partial charge on any atom is 0.126 e. The van der Waals surface area contributed by atoms with Crippen molar-refractivity contribution in [3.8, 4) is 0 Å². The number of nitrogens with zero attached hydrogens (tertiary/aromatic N) is 3. The number of rotatable bonds is 0. The Bertz CT molecular complexity index is 429. The maximum atomic E-state index is 4.33. The lowest BCUT2D eigenvalue weighted by atomic mass is 10.3. The van der Waals surface area contributed by atoms with Crippen LogP contribution in [0.25, 0.3) is 11.0 Å². The highest BCUT2D eigenvalue weighted by Crippen LogP contribution is 2.14. The van der Waals surface area contributed by atoms with Gasteiger partial charge in [-0.15, -0.1) is 0 Å². The van der Waals surface area contributed by atoms with E-state index < -0.39 is 0 Å². The third-order valence-corrected chi connectivity index (χ3v) is 2.01. The standard InChI is InChI=1S/C9H11N3.C2H6/c1-6-9-8(4-5-12(9)3)11-7(2)10-6;1-2/h4-5H,1-3H3;1-2H3. The average Bonchev–Trinajstić information content (AvgIpc) is 2.51. The number of hydrogen-bond acceptors (Lipinski definition) is 2.